The first kappa shape index (κ1) is 17.2. The van der Waals surface area contributed by atoms with Crippen molar-refractivity contribution in [2.24, 2.45) is 0 Å². The Kier molecular flexibility index (Phi) is 3.65. The van der Waals surface area contributed by atoms with Crippen molar-refractivity contribution >= 4 is 47.3 Å². The minimum Gasteiger partial charge on any atom is -0.439 e. The van der Waals surface area contributed by atoms with Gasteiger partial charge in [-0.1, -0.05) is 25.0 Å². The highest BCUT2D eigenvalue weighted by atomic mass is 16.3. The molecule has 0 amide bonds. The van der Waals surface area contributed by atoms with Gasteiger partial charge in [0.2, 0.25) is 5.71 Å². The average molecular weight is 393 g/mol. The Morgan fingerprint density at radius 2 is 1.77 bits per heavy atom. The predicted octanol–water partition coefficient (Wildman–Crippen LogP) is 3.14. The molecule has 0 spiro atoms. The lowest BCUT2D eigenvalue weighted by Gasteiger charge is -2.40. The number of furan rings is 1. The number of pyridine rings is 2. The molecule has 0 radical (unpaired) electrons. The van der Waals surface area contributed by atoms with Crippen LogP contribution in [0.3, 0.4) is 0 Å². The maximum atomic E-state index is 5.99. The van der Waals surface area contributed by atoms with Crippen molar-refractivity contribution in [2.75, 3.05) is 9.91 Å². The Bertz CT molecular complexity index is 1370. The van der Waals surface area contributed by atoms with Crippen LogP contribution >= 0.6 is 0 Å². The number of hydrogen-bond acceptors (Lipinski definition) is 6. The molecular formula is C23H20BN5O. The summed E-state index contributed by atoms with van der Waals surface area (Å²) in [5, 5.41) is 4.40. The zero-order valence-electron chi connectivity index (χ0n) is 16.8. The van der Waals surface area contributed by atoms with Crippen molar-refractivity contribution in [1.29, 1.82) is 0 Å². The normalized spacial score (nSPS) is 17.6. The van der Waals surface area contributed by atoms with Gasteiger partial charge in [-0.05, 0) is 49.3 Å². The number of fused-ring (bicyclic) bond motifs is 4. The smallest absolute Gasteiger partial charge is 0.306 e. The van der Waals surface area contributed by atoms with E-state index in [-0.39, 0.29) is 13.0 Å². The number of benzene rings is 1. The Labute approximate surface area is 174 Å². The molecule has 2 aliphatic rings. The molecule has 0 saturated heterocycles. The summed E-state index contributed by atoms with van der Waals surface area (Å²) in [4.78, 5) is 13.7. The van der Waals surface area contributed by atoms with Gasteiger partial charge in [-0.15, -0.1) is 0 Å². The first-order valence-electron chi connectivity index (χ1n) is 10.2. The van der Waals surface area contributed by atoms with Gasteiger partial charge in [-0.2, -0.15) is 0 Å². The van der Waals surface area contributed by atoms with Crippen molar-refractivity contribution in [3.05, 3.63) is 77.6 Å². The van der Waals surface area contributed by atoms with Crippen LogP contribution in [0.15, 0.2) is 71.4 Å². The van der Waals surface area contributed by atoms with Crippen LogP contribution in [0, 0.1) is 0 Å². The maximum Gasteiger partial charge on any atom is 0.306 e. The van der Waals surface area contributed by atoms with Gasteiger partial charge in [0.1, 0.15) is 17.3 Å². The van der Waals surface area contributed by atoms with E-state index in [1.165, 1.54) is 0 Å². The van der Waals surface area contributed by atoms with E-state index in [0.29, 0.717) is 5.71 Å². The van der Waals surface area contributed by atoms with E-state index in [1.807, 2.05) is 24.4 Å². The summed E-state index contributed by atoms with van der Waals surface area (Å²) < 4.78 is 5.99. The van der Waals surface area contributed by atoms with Crippen LogP contribution in [0.1, 0.15) is 6.92 Å². The number of hydrazine groups is 1. The number of hydrogen-bond donors (Lipinski definition) is 0. The summed E-state index contributed by atoms with van der Waals surface area (Å²) in [7, 11) is 0. The molecule has 2 aliphatic heterocycles. The van der Waals surface area contributed by atoms with E-state index in [2.05, 4.69) is 82.1 Å². The Hall–Kier alpha value is -3.74. The Balaban J connectivity index is 1.52. The molecular weight excluding hydrogens is 373 g/mol. The molecule has 0 bridgehead atoms. The average Bonchev–Trinajstić information content (AvgIpc) is 3.27. The molecule has 0 aliphatic carbocycles. The van der Waals surface area contributed by atoms with E-state index in [0.717, 1.165) is 33.2 Å². The van der Waals surface area contributed by atoms with Crippen molar-refractivity contribution in [1.82, 2.24) is 14.9 Å². The summed E-state index contributed by atoms with van der Waals surface area (Å²) in [5.41, 5.74) is 3.76. The quantitative estimate of drug-likeness (QED) is 0.488. The van der Waals surface area contributed by atoms with E-state index >= 15 is 0 Å². The van der Waals surface area contributed by atoms with Crippen LogP contribution in [-0.4, -0.2) is 27.9 Å². The molecule has 6 nitrogen and oxygen atoms in total. The first-order chi connectivity index (χ1) is 14.7. The Morgan fingerprint density at radius 3 is 2.63 bits per heavy atom. The van der Waals surface area contributed by atoms with Crippen LogP contribution in [0.25, 0.3) is 23.3 Å². The number of nitrogens with zero attached hydrogens (tertiary/aromatic N) is 5. The molecule has 4 aromatic rings. The SMILES string of the molecule is CB1C=c2oc3ncccc3c2=CN1N1c2cccnc2N(c2ccccc2)[C@@H]1C. The van der Waals surface area contributed by atoms with Gasteiger partial charge < -0.3 is 14.2 Å². The second-order valence-electron chi connectivity index (χ2n) is 7.68. The number of anilines is 3. The fraction of sp³-hybridized carbons (Fsp3) is 0.130. The van der Waals surface area contributed by atoms with Gasteiger partial charge in [0.25, 0.3) is 0 Å². The topological polar surface area (TPSA) is 48.6 Å². The molecule has 3 aromatic heterocycles. The van der Waals surface area contributed by atoms with Gasteiger partial charge in [-0.3, -0.25) is 5.01 Å². The van der Waals surface area contributed by atoms with Gasteiger partial charge >= 0.3 is 6.85 Å². The highest BCUT2D eigenvalue weighted by Gasteiger charge is 2.39. The molecule has 6 rings (SSSR count). The lowest BCUT2D eigenvalue weighted by atomic mass is 9.63. The molecule has 0 unspecified atom stereocenters. The van der Waals surface area contributed by atoms with E-state index < -0.39 is 0 Å². The third-order valence-electron chi connectivity index (χ3n) is 5.86. The Morgan fingerprint density at radius 1 is 0.967 bits per heavy atom. The fourth-order valence-corrected chi connectivity index (χ4v) is 4.51. The summed E-state index contributed by atoms with van der Waals surface area (Å²) in [6, 6.07) is 18.5. The fourth-order valence-electron chi connectivity index (χ4n) is 4.51. The maximum absolute atomic E-state index is 5.99. The van der Waals surface area contributed by atoms with Crippen molar-refractivity contribution < 1.29 is 4.42 Å². The highest BCUT2D eigenvalue weighted by molar-refractivity contribution is 6.70. The molecule has 0 N–H and O–H groups in total. The van der Waals surface area contributed by atoms with E-state index in [4.69, 9.17) is 9.40 Å². The monoisotopic (exact) mass is 393 g/mol. The molecule has 0 saturated carbocycles. The van der Waals surface area contributed by atoms with Crippen molar-refractivity contribution in [2.45, 2.75) is 19.9 Å². The molecule has 0 fully saturated rings. The standard InChI is InChI=1S/C23H20BN5O/c1-16-28(17-8-4-3-5-9-17)22-20(11-7-12-25-22)29(16)27-15-19-18-10-6-13-26-23(18)30-21(19)14-24(27)2/h3-16H,1-2H3/t16-/m0/s1. The predicted molar refractivity (Wildman–Crippen MR) is 120 cm³/mol. The van der Waals surface area contributed by atoms with Crippen LogP contribution in [0.5, 0.6) is 0 Å². The number of aromatic nitrogens is 2. The van der Waals surface area contributed by atoms with E-state index in [1.54, 1.807) is 6.20 Å². The van der Waals surface area contributed by atoms with E-state index in [9.17, 15) is 0 Å². The largest absolute Gasteiger partial charge is 0.439 e. The lowest BCUT2D eigenvalue weighted by Crippen LogP contribution is -2.55. The third-order valence-corrected chi connectivity index (χ3v) is 5.86. The van der Waals surface area contributed by atoms with Gasteiger partial charge in [-0.25, -0.2) is 9.97 Å². The highest BCUT2D eigenvalue weighted by Crippen LogP contribution is 2.43. The van der Waals surface area contributed by atoms with Crippen LogP contribution in [0.2, 0.25) is 6.82 Å². The minimum atomic E-state index is 0.0576. The van der Waals surface area contributed by atoms with Gasteiger partial charge in [0.05, 0.1) is 0 Å². The molecule has 1 aromatic carbocycles. The van der Waals surface area contributed by atoms with Crippen LogP contribution < -0.4 is 20.5 Å². The summed E-state index contributed by atoms with van der Waals surface area (Å²) >= 11 is 0. The molecule has 5 heterocycles. The second kappa shape index (κ2) is 6.39. The van der Waals surface area contributed by atoms with Crippen molar-refractivity contribution in [3.63, 3.8) is 0 Å². The zero-order valence-corrected chi connectivity index (χ0v) is 16.8. The summed E-state index contributed by atoms with van der Waals surface area (Å²) in [5.74, 6) is 3.12. The van der Waals surface area contributed by atoms with Crippen LogP contribution in [0.4, 0.5) is 17.2 Å². The number of para-hydroxylation sites is 1. The number of rotatable bonds is 2. The third kappa shape index (κ3) is 2.38. The zero-order chi connectivity index (χ0) is 20.2. The molecule has 7 heteroatoms. The van der Waals surface area contributed by atoms with Gasteiger partial charge in [0, 0.05) is 34.9 Å². The summed E-state index contributed by atoms with van der Waals surface area (Å²) in [6.45, 7) is 4.50. The minimum absolute atomic E-state index is 0.0576. The van der Waals surface area contributed by atoms with Crippen molar-refractivity contribution in [3.8, 4) is 0 Å². The lowest BCUT2D eigenvalue weighted by molar-refractivity contribution is 0.495. The molecule has 1 atom stereocenters. The van der Waals surface area contributed by atoms with Gasteiger partial charge in [0.15, 0.2) is 5.82 Å². The second-order valence-corrected chi connectivity index (χ2v) is 7.68. The molecule has 30 heavy (non-hydrogen) atoms. The van der Waals surface area contributed by atoms with Crippen LogP contribution in [-0.2, 0) is 0 Å². The first-order valence-corrected chi connectivity index (χ1v) is 10.2. The molecule has 146 valence electrons. The summed E-state index contributed by atoms with van der Waals surface area (Å²) in [6.07, 6.45) is 5.85.